The maximum absolute atomic E-state index is 13.5. The van der Waals surface area contributed by atoms with Gasteiger partial charge in [0, 0.05) is 35.6 Å². The van der Waals surface area contributed by atoms with Crippen molar-refractivity contribution in [3.8, 4) is 5.75 Å². The van der Waals surface area contributed by atoms with Gasteiger partial charge in [-0.05, 0) is 74.9 Å². The molecule has 0 saturated carbocycles. The van der Waals surface area contributed by atoms with Gasteiger partial charge in [0.25, 0.3) is 0 Å². The molecule has 0 saturated heterocycles. The molecule has 1 heterocycles. The summed E-state index contributed by atoms with van der Waals surface area (Å²) in [6.45, 7) is 11.9. The first-order valence-electron chi connectivity index (χ1n) is 10.1. The molecule has 0 spiro atoms. The van der Waals surface area contributed by atoms with Gasteiger partial charge in [0.1, 0.15) is 11.6 Å². The fourth-order valence-electron chi connectivity index (χ4n) is 4.31. The van der Waals surface area contributed by atoms with Gasteiger partial charge in [-0.1, -0.05) is 13.8 Å². The van der Waals surface area contributed by atoms with Crippen LogP contribution < -0.4 is 9.64 Å². The fourth-order valence-corrected chi connectivity index (χ4v) is 4.31. The molecule has 1 atom stereocenters. The van der Waals surface area contributed by atoms with Crippen LogP contribution in [-0.2, 0) is 0 Å². The number of aryl methyl sites for hydroxylation is 1. The minimum atomic E-state index is -0.210. The van der Waals surface area contributed by atoms with Crippen molar-refractivity contribution < 1.29 is 9.13 Å². The Balaban J connectivity index is 2.03. The topological polar surface area (TPSA) is 24.8 Å². The minimum absolute atomic E-state index is 0.120. The van der Waals surface area contributed by atoms with Crippen LogP contribution in [0.25, 0.3) is 0 Å². The van der Waals surface area contributed by atoms with Gasteiger partial charge in [-0.2, -0.15) is 0 Å². The molecule has 150 valence electrons. The largest absolute Gasteiger partial charge is 0.496 e. The van der Waals surface area contributed by atoms with Gasteiger partial charge in [0.15, 0.2) is 0 Å². The smallest absolute Gasteiger partial charge is 0.129 e. The lowest BCUT2D eigenvalue weighted by Gasteiger charge is -2.47. The van der Waals surface area contributed by atoms with E-state index in [9.17, 15) is 4.39 Å². The number of ether oxygens (including phenoxy) is 1. The summed E-state index contributed by atoms with van der Waals surface area (Å²) in [5.74, 6) is 1.06. The Bertz CT molecular complexity index is 888. The number of fused-ring (bicyclic) bond motifs is 1. The van der Waals surface area contributed by atoms with Crippen molar-refractivity contribution in [2.45, 2.75) is 58.9 Å². The molecule has 1 aliphatic heterocycles. The van der Waals surface area contributed by atoms with Crippen LogP contribution in [0.3, 0.4) is 0 Å². The lowest BCUT2D eigenvalue weighted by Crippen LogP contribution is -2.48. The molecule has 2 aromatic carbocycles. The molecular weight excluding hydrogens is 351 g/mol. The Hall–Kier alpha value is -2.36. The predicted octanol–water partition coefficient (Wildman–Crippen LogP) is 6.40. The van der Waals surface area contributed by atoms with Crippen LogP contribution in [0.15, 0.2) is 35.3 Å². The number of anilines is 1. The van der Waals surface area contributed by atoms with Crippen molar-refractivity contribution in [2.75, 3.05) is 18.6 Å². The second-order valence-electron chi connectivity index (χ2n) is 8.41. The molecule has 0 amide bonds. The third kappa shape index (κ3) is 3.91. The van der Waals surface area contributed by atoms with Gasteiger partial charge >= 0.3 is 0 Å². The third-order valence-electron chi connectivity index (χ3n) is 5.68. The van der Waals surface area contributed by atoms with E-state index in [1.165, 1.54) is 17.3 Å². The molecule has 4 heteroatoms. The van der Waals surface area contributed by atoms with E-state index >= 15 is 0 Å². The molecule has 0 aromatic heterocycles. The molecule has 0 aliphatic carbocycles. The first kappa shape index (κ1) is 20.4. The zero-order valence-electron chi connectivity index (χ0n) is 17.8. The van der Waals surface area contributed by atoms with Gasteiger partial charge in [0.05, 0.1) is 12.8 Å². The average molecular weight is 383 g/mol. The summed E-state index contributed by atoms with van der Waals surface area (Å²) >= 11 is 0. The molecule has 3 rings (SSSR count). The Morgan fingerprint density at radius 3 is 2.68 bits per heavy atom. The van der Waals surface area contributed by atoms with E-state index in [0.29, 0.717) is 11.5 Å². The number of methoxy groups -OCH3 is 1. The van der Waals surface area contributed by atoms with Crippen LogP contribution in [0.5, 0.6) is 5.75 Å². The van der Waals surface area contributed by atoms with Gasteiger partial charge in [-0.3, -0.25) is 4.99 Å². The number of hydrogen-bond acceptors (Lipinski definition) is 3. The summed E-state index contributed by atoms with van der Waals surface area (Å²) in [4.78, 5) is 7.07. The molecule has 1 aliphatic rings. The number of nitrogens with zero attached hydrogens (tertiary/aromatic N) is 2. The number of rotatable bonds is 5. The van der Waals surface area contributed by atoms with E-state index in [4.69, 9.17) is 4.74 Å². The molecule has 3 nitrogen and oxygen atoms in total. The zero-order chi connectivity index (χ0) is 20.5. The van der Waals surface area contributed by atoms with Crippen LogP contribution in [-0.4, -0.2) is 25.4 Å². The summed E-state index contributed by atoms with van der Waals surface area (Å²) in [6.07, 6.45) is 4.04. The first-order chi connectivity index (χ1) is 13.3. The summed E-state index contributed by atoms with van der Waals surface area (Å²) < 4.78 is 19.2. The molecule has 28 heavy (non-hydrogen) atoms. The molecule has 1 unspecified atom stereocenters. The summed E-state index contributed by atoms with van der Waals surface area (Å²) in [7, 11) is 1.70. The zero-order valence-corrected chi connectivity index (χ0v) is 17.8. The maximum atomic E-state index is 13.5. The normalized spacial score (nSPS) is 18.4. The van der Waals surface area contributed by atoms with Gasteiger partial charge < -0.3 is 9.64 Å². The van der Waals surface area contributed by atoms with Crippen molar-refractivity contribution in [1.82, 2.24) is 0 Å². The Morgan fingerprint density at radius 1 is 1.29 bits per heavy atom. The SMILES string of the molecule is CCCN1c2cc(OC)c(C=Nc3ccc(F)c(C)c3)cc2C(C)CC1(C)C. The molecular formula is C24H31FN2O. The van der Waals surface area contributed by atoms with E-state index < -0.39 is 0 Å². The van der Waals surface area contributed by atoms with E-state index in [1.807, 2.05) is 6.21 Å². The lowest BCUT2D eigenvalue weighted by molar-refractivity contribution is 0.372. The molecule has 0 N–H and O–H groups in total. The van der Waals surface area contributed by atoms with Crippen molar-refractivity contribution in [3.05, 3.63) is 52.8 Å². The van der Waals surface area contributed by atoms with E-state index in [0.717, 1.165) is 36.4 Å². The molecule has 0 fully saturated rings. The second-order valence-corrected chi connectivity index (χ2v) is 8.41. The van der Waals surface area contributed by atoms with Crippen molar-refractivity contribution in [1.29, 1.82) is 0 Å². The summed E-state index contributed by atoms with van der Waals surface area (Å²) in [5, 5.41) is 0. The minimum Gasteiger partial charge on any atom is -0.496 e. The highest BCUT2D eigenvalue weighted by molar-refractivity contribution is 5.88. The summed E-state index contributed by atoms with van der Waals surface area (Å²) in [6, 6.07) is 9.26. The second kappa shape index (κ2) is 7.94. The highest BCUT2D eigenvalue weighted by atomic mass is 19.1. The fraction of sp³-hybridized carbons (Fsp3) is 0.458. The number of aliphatic imine (C=N–C) groups is 1. The number of benzene rings is 2. The Labute approximate surface area is 168 Å². The highest BCUT2D eigenvalue weighted by Crippen LogP contribution is 2.45. The standard InChI is InChI=1S/C24H31FN2O/c1-7-10-27-22-13-23(28-6)18(12-20(22)17(3)14-24(27,4)5)15-26-19-8-9-21(25)16(2)11-19/h8-9,11-13,15,17H,7,10,14H2,1-6H3. The van der Waals surface area contributed by atoms with Crippen LogP contribution in [0.1, 0.15) is 63.1 Å². The van der Waals surface area contributed by atoms with Gasteiger partial charge in [0.2, 0.25) is 0 Å². The lowest BCUT2D eigenvalue weighted by atomic mass is 9.79. The van der Waals surface area contributed by atoms with Crippen LogP contribution >= 0.6 is 0 Å². The number of halogens is 1. The average Bonchev–Trinajstić information content (AvgIpc) is 2.65. The van der Waals surface area contributed by atoms with Crippen molar-refractivity contribution in [2.24, 2.45) is 4.99 Å². The van der Waals surface area contributed by atoms with E-state index in [2.05, 4.69) is 49.7 Å². The number of hydrogen-bond donors (Lipinski definition) is 0. The van der Waals surface area contributed by atoms with Gasteiger partial charge in [-0.25, -0.2) is 4.39 Å². The van der Waals surface area contributed by atoms with Crippen LogP contribution in [0, 0.1) is 12.7 Å². The first-order valence-corrected chi connectivity index (χ1v) is 10.1. The maximum Gasteiger partial charge on any atom is 0.129 e. The van der Waals surface area contributed by atoms with Crippen LogP contribution in [0.2, 0.25) is 0 Å². The molecule has 2 aromatic rings. The molecule has 0 radical (unpaired) electrons. The predicted molar refractivity (Wildman–Crippen MR) is 116 cm³/mol. The Kier molecular flexibility index (Phi) is 5.78. The van der Waals surface area contributed by atoms with E-state index in [1.54, 1.807) is 26.2 Å². The quantitative estimate of drug-likeness (QED) is 0.559. The Morgan fingerprint density at radius 2 is 2.04 bits per heavy atom. The van der Waals surface area contributed by atoms with Crippen molar-refractivity contribution >= 4 is 17.6 Å². The van der Waals surface area contributed by atoms with E-state index in [-0.39, 0.29) is 11.4 Å². The van der Waals surface area contributed by atoms with Crippen molar-refractivity contribution in [3.63, 3.8) is 0 Å². The third-order valence-corrected chi connectivity index (χ3v) is 5.68. The summed E-state index contributed by atoms with van der Waals surface area (Å²) in [5.41, 5.74) is 5.00. The highest BCUT2D eigenvalue weighted by Gasteiger charge is 2.36. The van der Waals surface area contributed by atoms with Gasteiger partial charge in [-0.15, -0.1) is 0 Å². The van der Waals surface area contributed by atoms with Crippen LogP contribution in [0.4, 0.5) is 15.8 Å². The molecule has 0 bridgehead atoms. The monoisotopic (exact) mass is 382 g/mol.